The van der Waals surface area contributed by atoms with Crippen molar-refractivity contribution < 1.29 is 9.90 Å². The molecule has 0 spiro atoms. The fourth-order valence-electron chi connectivity index (χ4n) is 3.04. The SMILES string of the molecule is Cc1c(Sc2cccc(C(=O)O)c2)c2ccc(Cl)cc2n1-c1cncnc1. The van der Waals surface area contributed by atoms with E-state index in [1.54, 1.807) is 30.6 Å². The van der Waals surface area contributed by atoms with Crippen LogP contribution in [0.25, 0.3) is 16.6 Å². The molecule has 7 heteroatoms. The molecule has 4 aromatic rings. The van der Waals surface area contributed by atoms with Gasteiger partial charge in [0.05, 0.1) is 29.2 Å². The van der Waals surface area contributed by atoms with Crippen molar-refractivity contribution >= 4 is 40.2 Å². The zero-order chi connectivity index (χ0) is 19.0. The highest BCUT2D eigenvalue weighted by molar-refractivity contribution is 7.99. The van der Waals surface area contributed by atoms with Crippen LogP contribution < -0.4 is 0 Å². The smallest absolute Gasteiger partial charge is 0.335 e. The van der Waals surface area contributed by atoms with E-state index in [-0.39, 0.29) is 5.56 Å². The zero-order valence-corrected chi connectivity index (χ0v) is 15.8. The molecule has 0 unspecified atom stereocenters. The molecule has 1 N–H and O–H groups in total. The van der Waals surface area contributed by atoms with Gasteiger partial charge in [-0.05, 0) is 37.3 Å². The summed E-state index contributed by atoms with van der Waals surface area (Å²) in [5.41, 5.74) is 3.06. The van der Waals surface area contributed by atoms with Gasteiger partial charge in [-0.25, -0.2) is 14.8 Å². The van der Waals surface area contributed by atoms with Crippen molar-refractivity contribution in [2.75, 3.05) is 0 Å². The molecule has 27 heavy (non-hydrogen) atoms. The minimum absolute atomic E-state index is 0.265. The summed E-state index contributed by atoms with van der Waals surface area (Å²) in [6, 6.07) is 12.7. The van der Waals surface area contributed by atoms with Gasteiger partial charge >= 0.3 is 5.97 Å². The van der Waals surface area contributed by atoms with Gasteiger partial charge in [0, 0.05) is 25.9 Å². The number of rotatable bonds is 4. The van der Waals surface area contributed by atoms with E-state index < -0.39 is 5.97 Å². The fraction of sp³-hybridized carbons (Fsp3) is 0.0500. The number of aromatic nitrogens is 3. The molecule has 2 heterocycles. The molecule has 0 aliphatic carbocycles. The largest absolute Gasteiger partial charge is 0.478 e. The number of hydrogen-bond donors (Lipinski definition) is 1. The molecule has 0 saturated carbocycles. The molecule has 0 amide bonds. The van der Waals surface area contributed by atoms with E-state index in [0.717, 1.165) is 32.1 Å². The highest BCUT2D eigenvalue weighted by Crippen LogP contribution is 2.40. The quantitative estimate of drug-likeness (QED) is 0.512. The molecule has 0 radical (unpaired) electrons. The van der Waals surface area contributed by atoms with Crippen molar-refractivity contribution in [3.63, 3.8) is 0 Å². The Hall–Kier alpha value is -2.83. The number of aromatic carboxylic acids is 1. The third-order valence-electron chi connectivity index (χ3n) is 4.22. The number of hydrogen-bond acceptors (Lipinski definition) is 4. The number of nitrogens with zero attached hydrogens (tertiary/aromatic N) is 3. The Morgan fingerprint density at radius 3 is 2.67 bits per heavy atom. The zero-order valence-electron chi connectivity index (χ0n) is 14.3. The average Bonchev–Trinajstić information content (AvgIpc) is 2.93. The Kier molecular flexibility index (Phi) is 4.59. The third kappa shape index (κ3) is 3.29. The van der Waals surface area contributed by atoms with E-state index in [4.69, 9.17) is 11.6 Å². The summed E-state index contributed by atoms with van der Waals surface area (Å²) in [7, 11) is 0. The first kappa shape index (κ1) is 17.6. The summed E-state index contributed by atoms with van der Waals surface area (Å²) >= 11 is 7.77. The van der Waals surface area contributed by atoms with Gasteiger partial charge in [0.1, 0.15) is 6.33 Å². The maximum Gasteiger partial charge on any atom is 0.335 e. The Morgan fingerprint density at radius 1 is 1.15 bits per heavy atom. The van der Waals surface area contributed by atoms with Crippen LogP contribution in [0, 0.1) is 6.92 Å². The van der Waals surface area contributed by atoms with E-state index in [2.05, 4.69) is 14.5 Å². The van der Waals surface area contributed by atoms with Crippen LogP contribution in [0.15, 0.2) is 71.0 Å². The Bertz CT molecular complexity index is 1160. The van der Waals surface area contributed by atoms with Gasteiger partial charge in [-0.1, -0.05) is 35.5 Å². The van der Waals surface area contributed by atoms with E-state index in [1.807, 2.05) is 31.2 Å². The van der Waals surface area contributed by atoms with Crippen LogP contribution in [0.1, 0.15) is 16.1 Å². The summed E-state index contributed by atoms with van der Waals surface area (Å²) in [6.45, 7) is 2.02. The molecule has 2 aromatic heterocycles. The van der Waals surface area contributed by atoms with E-state index in [9.17, 15) is 9.90 Å². The van der Waals surface area contributed by atoms with E-state index >= 15 is 0 Å². The highest BCUT2D eigenvalue weighted by Gasteiger charge is 2.17. The Labute approximate surface area is 164 Å². The highest BCUT2D eigenvalue weighted by atomic mass is 35.5. The second-order valence-corrected chi connectivity index (χ2v) is 7.46. The van der Waals surface area contributed by atoms with Gasteiger partial charge in [0.15, 0.2) is 0 Å². The van der Waals surface area contributed by atoms with Crippen LogP contribution >= 0.6 is 23.4 Å². The summed E-state index contributed by atoms with van der Waals surface area (Å²) < 4.78 is 2.06. The molecule has 0 atom stereocenters. The minimum Gasteiger partial charge on any atom is -0.478 e. The number of carboxylic acid groups (broad SMARTS) is 1. The monoisotopic (exact) mass is 395 g/mol. The van der Waals surface area contributed by atoms with Gasteiger partial charge in [-0.2, -0.15) is 0 Å². The first-order chi connectivity index (χ1) is 13.0. The number of halogens is 1. The van der Waals surface area contributed by atoms with Crippen LogP contribution in [-0.4, -0.2) is 25.6 Å². The van der Waals surface area contributed by atoms with Crippen molar-refractivity contribution in [2.24, 2.45) is 0 Å². The minimum atomic E-state index is -0.940. The van der Waals surface area contributed by atoms with Crippen LogP contribution in [0.5, 0.6) is 0 Å². The van der Waals surface area contributed by atoms with Crippen molar-refractivity contribution in [1.29, 1.82) is 0 Å². The fourth-order valence-corrected chi connectivity index (χ4v) is 4.29. The second kappa shape index (κ2) is 7.06. The van der Waals surface area contributed by atoms with Gasteiger partial charge < -0.3 is 9.67 Å². The van der Waals surface area contributed by atoms with E-state index in [0.29, 0.717) is 5.02 Å². The lowest BCUT2D eigenvalue weighted by Gasteiger charge is -2.08. The standard InChI is InChI=1S/C20H14ClN3O2S/c1-12-19(27-16-4-2-3-13(7-16)20(25)26)17-6-5-14(21)8-18(17)24(12)15-9-22-11-23-10-15/h2-11H,1H3,(H,25,26). The van der Waals surface area contributed by atoms with Crippen molar-refractivity contribution in [1.82, 2.24) is 14.5 Å². The van der Waals surface area contributed by atoms with Crippen LogP contribution in [0.3, 0.4) is 0 Å². The molecule has 5 nitrogen and oxygen atoms in total. The summed E-state index contributed by atoms with van der Waals surface area (Å²) in [5.74, 6) is -0.940. The molecular weight excluding hydrogens is 382 g/mol. The molecule has 0 aliphatic heterocycles. The van der Waals surface area contributed by atoms with Crippen molar-refractivity contribution in [3.05, 3.63) is 77.5 Å². The molecule has 4 rings (SSSR count). The first-order valence-electron chi connectivity index (χ1n) is 8.12. The Balaban J connectivity index is 1.90. The molecule has 2 aromatic carbocycles. The van der Waals surface area contributed by atoms with Crippen molar-refractivity contribution in [2.45, 2.75) is 16.7 Å². The summed E-state index contributed by atoms with van der Waals surface area (Å²) in [4.78, 5) is 21.4. The molecular formula is C20H14ClN3O2S. The lowest BCUT2D eigenvalue weighted by Crippen LogP contribution is -1.98. The lowest BCUT2D eigenvalue weighted by atomic mass is 10.2. The predicted molar refractivity (Wildman–Crippen MR) is 106 cm³/mol. The second-order valence-electron chi connectivity index (χ2n) is 5.94. The van der Waals surface area contributed by atoms with Crippen molar-refractivity contribution in [3.8, 4) is 5.69 Å². The summed E-state index contributed by atoms with van der Waals surface area (Å²) in [6.07, 6.45) is 4.99. The molecule has 0 fully saturated rings. The molecule has 0 saturated heterocycles. The van der Waals surface area contributed by atoms with Gasteiger partial charge in [-0.3, -0.25) is 0 Å². The number of benzene rings is 2. The Morgan fingerprint density at radius 2 is 1.93 bits per heavy atom. The number of fused-ring (bicyclic) bond motifs is 1. The van der Waals surface area contributed by atoms with Gasteiger partial charge in [-0.15, -0.1) is 0 Å². The third-order valence-corrected chi connectivity index (χ3v) is 5.66. The van der Waals surface area contributed by atoms with E-state index in [1.165, 1.54) is 18.1 Å². The van der Waals surface area contributed by atoms with Crippen LogP contribution in [0.2, 0.25) is 5.02 Å². The number of carboxylic acids is 1. The number of carbonyl (C=O) groups is 1. The molecule has 0 aliphatic rings. The maximum absolute atomic E-state index is 11.3. The van der Waals surface area contributed by atoms with Crippen LogP contribution in [-0.2, 0) is 0 Å². The first-order valence-corrected chi connectivity index (χ1v) is 9.31. The normalized spacial score (nSPS) is 11.0. The topological polar surface area (TPSA) is 68.0 Å². The average molecular weight is 396 g/mol. The van der Waals surface area contributed by atoms with Crippen LogP contribution in [0.4, 0.5) is 0 Å². The lowest BCUT2D eigenvalue weighted by molar-refractivity contribution is 0.0696. The molecule has 0 bridgehead atoms. The maximum atomic E-state index is 11.3. The summed E-state index contributed by atoms with van der Waals surface area (Å²) in [5, 5.41) is 10.9. The van der Waals surface area contributed by atoms with Gasteiger partial charge in [0.25, 0.3) is 0 Å². The molecule has 134 valence electrons. The predicted octanol–water partition coefficient (Wildman–Crippen LogP) is 5.23. The van der Waals surface area contributed by atoms with Gasteiger partial charge in [0.2, 0.25) is 0 Å².